The van der Waals surface area contributed by atoms with Gasteiger partial charge in [-0.05, 0) is 32.6 Å². The van der Waals surface area contributed by atoms with E-state index in [4.69, 9.17) is 4.74 Å². The van der Waals surface area contributed by atoms with Gasteiger partial charge in [-0.1, -0.05) is 0 Å². The second-order valence-electron chi connectivity index (χ2n) is 4.83. The Morgan fingerprint density at radius 2 is 1.88 bits per heavy atom. The normalized spacial score (nSPS) is 27.5. The molecule has 0 bridgehead atoms. The predicted octanol–water partition coefficient (Wildman–Crippen LogP) is 1.01. The number of methoxy groups -OCH3 is 1. The summed E-state index contributed by atoms with van der Waals surface area (Å²) in [6.07, 6.45) is 4.80. The second kappa shape index (κ2) is 6.21. The molecule has 1 saturated carbocycles. The van der Waals surface area contributed by atoms with Gasteiger partial charge < -0.3 is 15.0 Å². The highest BCUT2D eigenvalue weighted by Gasteiger charge is 2.24. The molecule has 0 heterocycles. The van der Waals surface area contributed by atoms with Crippen LogP contribution in [0.3, 0.4) is 0 Å². The number of nitrogens with one attached hydrogen (secondary N) is 1. The summed E-state index contributed by atoms with van der Waals surface area (Å²) < 4.78 is 5.33. The Labute approximate surface area is 98.3 Å². The third-order valence-electron chi connectivity index (χ3n) is 3.30. The Morgan fingerprint density at radius 1 is 1.31 bits per heavy atom. The van der Waals surface area contributed by atoms with Crippen molar-refractivity contribution < 1.29 is 9.53 Å². The molecule has 0 aliphatic heterocycles. The van der Waals surface area contributed by atoms with E-state index in [1.807, 2.05) is 6.92 Å². The lowest BCUT2D eigenvalue weighted by Crippen LogP contribution is -2.47. The summed E-state index contributed by atoms with van der Waals surface area (Å²) in [4.78, 5) is 13.3. The van der Waals surface area contributed by atoms with Crippen molar-refractivity contribution in [3.63, 3.8) is 0 Å². The minimum Gasteiger partial charge on any atom is -0.381 e. The molecule has 1 fully saturated rings. The molecular weight excluding hydrogens is 204 g/mol. The van der Waals surface area contributed by atoms with Gasteiger partial charge in [-0.3, -0.25) is 4.79 Å². The number of rotatable bonds is 4. The maximum Gasteiger partial charge on any atom is 0.238 e. The van der Waals surface area contributed by atoms with Crippen molar-refractivity contribution in [2.75, 3.05) is 21.2 Å². The molecule has 16 heavy (non-hydrogen) atoms. The van der Waals surface area contributed by atoms with Crippen LogP contribution in [0.1, 0.15) is 32.6 Å². The molecule has 0 radical (unpaired) electrons. The molecule has 4 heteroatoms. The zero-order valence-electron chi connectivity index (χ0n) is 10.8. The minimum absolute atomic E-state index is 0.0842. The molecule has 4 nitrogen and oxygen atoms in total. The lowest BCUT2D eigenvalue weighted by molar-refractivity contribution is -0.130. The summed E-state index contributed by atoms with van der Waals surface area (Å²) in [5.74, 6) is 0.147. The number of carbonyl (C=O) groups is 1. The largest absolute Gasteiger partial charge is 0.381 e. The van der Waals surface area contributed by atoms with E-state index in [9.17, 15) is 4.79 Å². The Morgan fingerprint density at radius 3 is 2.31 bits per heavy atom. The van der Waals surface area contributed by atoms with E-state index >= 15 is 0 Å². The van der Waals surface area contributed by atoms with Gasteiger partial charge >= 0.3 is 0 Å². The van der Waals surface area contributed by atoms with Crippen molar-refractivity contribution in [3.8, 4) is 0 Å². The molecule has 94 valence electrons. The predicted molar refractivity (Wildman–Crippen MR) is 64.3 cm³/mol. The molecule has 1 aliphatic carbocycles. The Balaban J connectivity index is 2.30. The molecule has 0 aromatic rings. The van der Waals surface area contributed by atoms with E-state index < -0.39 is 0 Å². The second-order valence-corrected chi connectivity index (χ2v) is 4.83. The molecule has 1 atom stereocenters. The van der Waals surface area contributed by atoms with Crippen LogP contribution in [0.25, 0.3) is 0 Å². The van der Waals surface area contributed by atoms with Gasteiger partial charge in [0.1, 0.15) is 0 Å². The van der Waals surface area contributed by atoms with E-state index in [0.29, 0.717) is 12.1 Å². The Kier molecular flexibility index (Phi) is 5.22. The first-order chi connectivity index (χ1) is 7.54. The van der Waals surface area contributed by atoms with Gasteiger partial charge in [-0.2, -0.15) is 0 Å². The standard InChI is InChI=1S/C12H24N2O2/c1-9(12(15)14(2)3)13-10-5-7-11(16-4)8-6-10/h9-11,13H,5-8H2,1-4H3/t9-,10?,11?/m1/s1. The molecule has 1 amide bonds. The van der Waals surface area contributed by atoms with Gasteiger partial charge in [0.2, 0.25) is 5.91 Å². The molecule has 1 N–H and O–H groups in total. The minimum atomic E-state index is -0.0842. The summed E-state index contributed by atoms with van der Waals surface area (Å²) in [7, 11) is 5.36. The van der Waals surface area contributed by atoms with Gasteiger partial charge in [-0.15, -0.1) is 0 Å². The first-order valence-corrected chi connectivity index (χ1v) is 6.04. The summed E-state index contributed by atoms with van der Waals surface area (Å²) >= 11 is 0. The van der Waals surface area contributed by atoms with Crippen molar-refractivity contribution in [1.29, 1.82) is 0 Å². The number of hydrogen-bond donors (Lipinski definition) is 1. The van der Waals surface area contributed by atoms with Gasteiger partial charge in [0, 0.05) is 27.2 Å². The van der Waals surface area contributed by atoms with Crippen LogP contribution in [0, 0.1) is 0 Å². The van der Waals surface area contributed by atoms with Crippen LogP contribution in [0.5, 0.6) is 0 Å². The van der Waals surface area contributed by atoms with Gasteiger partial charge in [-0.25, -0.2) is 0 Å². The fraction of sp³-hybridized carbons (Fsp3) is 0.917. The summed E-state index contributed by atoms with van der Waals surface area (Å²) in [6.45, 7) is 1.94. The molecular formula is C12H24N2O2. The van der Waals surface area contributed by atoms with Crippen LogP contribution in [-0.2, 0) is 9.53 Å². The molecule has 1 rings (SSSR count). The van der Waals surface area contributed by atoms with Crippen LogP contribution >= 0.6 is 0 Å². The highest BCUT2D eigenvalue weighted by atomic mass is 16.5. The maximum absolute atomic E-state index is 11.7. The summed E-state index contributed by atoms with van der Waals surface area (Å²) in [5.41, 5.74) is 0. The van der Waals surface area contributed by atoms with Gasteiger partial charge in [0.25, 0.3) is 0 Å². The Bertz CT molecular complexity index is 223. The zero-order chi connectivity index (χ0) is 12.1. The van der Waals surface area contributed by atoms with Crippen LogP contribution in [0.2, 0.25) is 0 Å². The van der Waals surface area contributed by atoms with Crippen molar-refractivity contribution in [2.24, 2.45) is 0 Å². The molecule has 1 aliphatic rings. The summed E-state index contributed by atoms with van der Waals surface area (Å²) in [5, 5.41) is 3.40. The van der Waals surface area contributed by atoms with Crippen LogP contribution < -0.4 is 5.32 Å². The first kappa shape index (κ1) is 13.5. The van der Waals surface area contributed by atoms with Crippen molar-refractivity contribution in [1.82, 2.24) is 10.2 Å². The number of carbonyl (C=O) groups excluding carboxylic acids is 1. The maximum atomic E-state index is 11.7. The third-order valence-corrected chi connectivity index (χ3v) is 3.30. The average molecular weight is 228 g/mol. The molecule has 0 saturated heterocycles. The fourth-order valence-corrected chi connectivity index (χ4v) is 2.28. The van der Waals surface area contributed by atoms with E-state index in [1.54, 1.807) is 26.1 Å². The smallest absolute Gasteiger partial charge is 0.238 e. The fourth-order valence-electron chi connectivity index (χ4n) is 2.28. The average Bonchev–Trinajstić information content (AvgIpc) is 2.28. The van der Waals surface area contributed by atoms with E-state index in [1.165, 1.54) is 0 Å². The van der Waals surface area contributed by atoms with E-state index in [-0.39, 0.29) is 11.9 Å². The molecule has 0 spiro atoms. The number of ether oxygens (including phenoxy) is 1. The SMILES string of the molecule is COC1CCC(N[C@H](C)C(=O)N(C)C)CC1. The summed E-state index contributed by atoms with van der Waals surface area (Å²) in [6, 6.07) is 0.379. The van der Waals surface area contributed by atoms with Gasteiger partial charge in [0.15, 0.2) is 0 Å². The van der Waals surface area contributed by atoms with Crippen molar-refractivity contribution in [2.45, 2.75) is 50.8 Å². The highest BCUT2D eigenvalue weighted by molar-refractivity contribution is 5.80. The number of nitrogens with zero attached hydrogens (tertiary/aromatic N) is 1. The first-order valence-electron chi connectivity index (χ1n) is 6.04. The van der Waals surface area contributed by atoms with Gasteiger partial charge in [0.05, 0.1) is 12.1 Å². The number of hydrogen-bond acceptors (Lipinski definition) is 3. The van der Waals surface area contributed by atoms with E-state index in [2.05, 4.69) is 5.32 Å². The lowest BCUT2D eigenvalue weighted by Gasteiger charge is -2.30. The lowest BCUT2D eigenvalue weighted by atomic mass is 9.92. The molecule has 0 aromatic carbocycles. The molecule has 0 unspecified atom stereocenters. The molecule has 0 aromatic heterocycles. The number of amides is 1. The zero-order valence-corrected chi connectivity index (χ0v) is 10.8. The topological polar surface area (TPSA) is 41.6 Å². The quantitative estimate of drug-likeness (QED) is 0.781. The Hall–Kier alpha value is -0.610. The van der Waals surface area contributed by atoms with Crippen LogP contribution in [0.4, 0.5) is 0 Å². The van der Waals surface area contributed by atoms with E-state index in [0.717, 1.165) is 25.7 Å². The monoisotopic (exact) mass is 228 g/mol. The number of likely N-dealkylation sites (N-methyl/N-ethyl adjacent to an activating group) is 1. The highest BCUT2D eigenvalue weighted by Crippen LogP contribution is 2.20. The third kappa shape index (κ3) is 3.76. The van der Waals surface area contributed by atoms with Crippen LogP contribution in [-0.4, -0.2) is 50.2 Å². The van der Waals surface area contributed by atoms with Crippen LogP contribution in [0.15, 0.2) is 0 Å². The van der Waals surface area contributed by atoms with Crippen molar-refractivity contribution >= 4 is 5.91 Å². The van der Waals surface area contributed by atoms with Crippen molar-refractivity contribution in [3.05, 3.63) is 0 Å².